The van der Waals surface area contributed by atoms with E-state index in [1.165, 1.54) is 12.3 Å². The van der Waals surface area contributed by atoms with E-state index in [0.717, 1.165) is 64.6 Å². The summed E-state index contributed by atoms with van der Waals surface area (Å²) < 4.78 is 37.0. The molecule has 1 saturated carbocycles. The zero-order valence-corrected chi connectivity index (χ0v) is 19.6. The molecule has 31 heavy (non-hydrogen) atoms. The van der Waals surface area contributed by atoms with Gasteiger partial charge in [0, 0.05) is 37.5 Å². The van der Waals surface area contributed by atoms with Crippen molar-refractivity contribution in [2.24, 2.45) is 0 Å². The Kier molecular flexibility index (Phi) is 6.34. The summed E-state index contributed by atoms with van der Waals surface area (Å²) in [5.41, 5.74) is 1.20. The Bertz CT molecular complexity index is 1070. The predicted molar refractivity (Wildman–Crippen MR) is 120 cm³/mol. The second-order valence-corrected chi connectivity index (χ2v) is 11.4. The van der Waals surface area contributed by atoms with Crippen molar-refractivity contribution in [2.75, 3.05) is 26.0 Å². The molecule has 0 bridgehead atoms. The topological polar surface area (TPSA) is 81.8 Å². The molecule has 0 spiro atoms. The monoisotopic (exact) mass is 450 g/mol. The highest BCUT2D eigenvalue weighted by Crippen LogP contribution is 2.38. The van der Waals surface area contributed by atoms with Gasteiger partial charge in [0.05, 0.1) is 16.5 Å². The number of rotatable bonds is 6. The van der Waals surface area contributed by atoms with Gasteiger partial charge in [0.2, 0.25) is 0 Å². The number of likely N-dealkylation sites (tertiary alicyclic amines) is 1. The number of benzene rings is 1. The van der Waals surface area contributed by atoms with Crippen LogP contribution in [0.2, 0.25) is 0 Å². The number of nitrogens with zero attached hydrogens (tertiary/aromatic N) is 2. The Morgan fingerprint density at radius 1 is 1.16 bits per heavy atom. The molecule has 0 unspecified atom stereocenters. The largest absolute Gasteiger partial charge is 0.420 e. The lowest BCUT2D eigenvalue weighted by atomic mass is 9.79. The minimum absolute atomic E-state index is 0.0210. The van der Waals surface area contributed by atoms with Gasteiger partial charge in [-0.25, -0.2) is 13.2 Å². The van der Waals surface area contributed by atoms with Crippen LogP contribution in [0.25, 0.3) is 11.1 Å². The Morgan fingerprint density at radius 3 is 2.45 bits per heavy atom. The second-order valence-electron chi connectivity index (χ2n) is 9.42. The van der Waals surface area contributed by atoms with E-state index in [0.29, 0.717) is 17.2 Å². The Balaban J connectivity index is 1.46. The molecule has 0 N–H and O–H groups in total. The molecule has 1 aromatic carbocycles. The van der Waals surface area contributed by atoms with Crippen molar-refractivity contribution in [1.29, 1.82) is 0 Å². The first-order valence-corrected chi connectivity index (χ1v) is 13.3. The summed E-state index contributed by atoms with van der Waals surface area (Å²) in [6.45, 7) is 7.20. The van der Waals surface area contributed by atoms with E-state index in [4.69, 9.17) is 9.15 Å². The highest BCUT2D eigenvalue weighted by Gasteiger charge is 2.38. The Labute approximate surface area is 184 Å². The molecule has 1 aliphatic carbocycles. The summed E-state index contributed by atoms with van der Waals surface area (Å²) in [7, 11) is -3.35. The molecule has 0 atom stereocenters. The zero-order valence-electron chi connectivity index (χ0n) is 18.8. The second kappa shape index (κ2) is 8.71. The maximum Gasteiger partial charge on any atom is 0.420 e. The van der Waals surface area contributed by atoms with Crippen LogP contribution in [0.1, 0.15) is 64.8 Å². The van der Waals surface area contributed by atoms with Gasteiger partial charge in [-0.15, -0.1) is 0 Å². The lowest BCUT2D eigenvalue weighted by molar-refractivity contribution is -0.0306. The molecule has 4 rings (SSSR count). The minimum atomic E-state index is -3.35. The first kappa shape index (κ1) is 22.6. The van der Waals surface area contributed by atoms with Gasteiger partial charge in [0.15, 0.2) is 15.4 Å². The number of hydrogen-bond acceptors (Lipinski definition) is 6. The average molecular weight is 451 g/mol. The molecule has 172 valence electrons. The minimum Gasteiger partial charge on any atom is -0.408 e. The normalized spacial score (nSPS) is 26.5. The Morgan fingerprint density at radius 2 is 1.84 bits per heavy atom. The lowest BCUT2D eigenvalue weighted by Crippen LogP contribution is -2.53. The van der Waals surface area contributed by atoms with E-state index in [2.05, 4.69) is 18.7 Å². The van der Waals surface area contributed by atoms with Crippen molar-refractivity contribution in [1.82, 2.24) is 9.47 Å². The van der Waals surface area contributed by atoms with Gasteiger partial charge >= 0.3 is 5.76 Å². The quantitative estimate of drug-likeness (QED) is 0.666. The maximum absolute atomic E-state index is 12.6. The third kappa shape index (κ3) is 4.61. The molecular weight excluding hydrogens is 416 g/mol. The lowest BCUT2D eigenvalue weighted by Gasteiger charge is -2.48. The fraction of sp³-hybridized carbons (Fsp3) is 0.696. The van der Waals surface area contributed by atoms with Crippen molar-refractivity contribution < 1.29 is 17.6 Å². The number of ether oxygens (including phenoxy) is 1. The first-order valence-electron chi connectivity index (χ1n) is 11.4. The van der Waals surface area contributed by atoms with E-state index >= 15 is 0 Å². The van der Waals surface area contributed by atoms with E-state index in [9.17, 15) is 13.2 Å². The van der Waals surface area contributed by atoms with Crippen LogP contribution in [-0.2, 0) is 14.6 Å². The van der Waals surface area contributed by atoms with E-state index < -0.39 is 15.6 Å². The molecule has 2 aromatic rings. The summed E-state index contributed by atoms with van der Waals surface area (Å²) in [6, 6.07) is 4.67. The zero-order chi connectivity index (χ0) is 22.2. The van der Waals surface area contributed by atoms with Crippen LogP contribution in [0.4, 0.5) is 0 Å². The van der Waals surface area contributed by atoms with Crippen molar-refractivity contribution in [3.05, 3.63) is 28.7 Å². The van der Waals surface area contributed by atoms with Gasteiger partial charge in [0.1, 0.15) is 0 Å². The molecule has 1 aromatic heterocycles. The third-order valence-corrected chi connectivity index (χ3v) is 8.28. The number of aromatic nitrogens is 1. The highest BCUT2D eigenvalue weighted by atomic mass is 32.2. The molecule has 7 nitrogen and oxygen atoms in total. The van der Waals surface area contributed by atoms with Gasteiger partial charge in [0.25, 0.3) is 0 Å². The third-order valence-electron chi connectivity index (χ3n) is 7.17. The predicted octanol–water partition coefficient (Wildman–Crippen LogP) is 3.76. The van der Waals surface area contributed by atoms with Crippen molar-refractivity contribution in [2.45, 2.75) is 81.4 Å². The molecule has 0 radical (unpaired) electrons. The van der Waals surface area contributed by atoms with Crippen LogP contribution in [0.15, 0.2) is 32.3 Å². The summed E-state index contributed by atoms with van der Waals surface area (Å²) in [4.78, 5) is 15.4. The van der Waals surface area contributed by atoms with Crippen molar-refractivity contribution in [3.63, 3.8) is 0 Å². The van der Waals surface area contributed by atoms with Crippen molar-refractivity contribution >= 4 is 20.9 Å². The fourth-order valence-electron chi connectivity index (χ4n) is 5.23. The van der Waals surface area contributed by atoms with Gasteiger partial charge in [-0.05, 0) is 70.1 Å². The highest BCUT2D eigenvalue weighted by molar-refractivity contribution is 7.90. The molecule has 1 saturated heterocycles. The molecule has 0 amide bonds. The summed E-state index contributed by atoms with van der Waals surface area (Å²) in [5, 5.41) is 0. The number of fused-ring (bicyclic) bond motifs is 1. The molecular formula is C23H34N2O5S. The summed E-state index contributed by atoms with van der Waals surface area (Å²) in [6.07, 6.45) is 8.83. The first-order chi connectivity index (χ1) is 14.7. The maximum atomic E-state index is 12.6. The SMILES string of the molecule is CCCO[C@H]1CC[C@](C)(N2CCC(n3c(=O)oc4ccc(S(C)(=O)=O)cc43)CC2)CC1. The molecule has 2 heterocycles. The molecule has 2 fully saturated rings. The van der Waals surface area contributed by atoms with E-state index in [1.807, 2.05) is 0 Å². The smallest absolute Gasteiger partial charge is 0.408 e. The molecule has 1 aliphatic heterocycles. The number of oxazole rings is 1. The summed E-state index contributed by atoms with van der Waals surface area (Å²) in [5.74, 6) is -0.404. The van der Waals surface area contributed by atoms with Gasteiger partial charge in [-0.1, -0.05) is 6.92 Å². The summed E-state index contributed by atoms with van der Waals surface area (Å²) >= 11 is 0. The molecule has 2 aliphatic rings. The van der Waals surface area contributed by atoms with Crippen LogP contribution in [-0.4, -0.2) is 55.5 Å². The van der Waals surface area contributed by atoms with Crippen LogP contribution in [0.5, 0.6) is 0 Å². The van der Waals surface area contributed by atoms with Crippen LogP contribution in [0.3, 0.4) is 0 Å². The van der Waals surface area contributed by atoms with E-state index in [-0.39, 0.29) is 16.5 Å². The van der Waals surface area contributed by atoms with E-state index in [1.54, 1.807) is 16.7 Å². The molecule has 8 heteroatoms. The van der Waals surface area contributed by atoms with Crippen molar-refractivity contribution in [3.8, 4) is 0 Å². The fourth-order valence-corrected chi connectivity index (χ4v) is 5.88. The number of sulfone groups is 1. The van der Waals surface area contributed by atoms with Crippen LogP contribution in [0, 0.1) is 0 Å². The van der Waals surface area contributed by atoms with Gasteiger partial charge in [-0.3, -0.25) is 9.47 Å². The number of hydrogen-bond donors (Lipinski definition) is 0. The van der Waals surface area contributed by atoms with Crippen LogP contribution >= 0.6 is 0 Å². The average Bonchev–Trinajstić information content (AvgIpc) is 3.08. The standard InChI is InChI=1S/C23H34N2O5S/c1-4-15-29-18-7-11-23(2,12-8-18)24-13-9-17(10-14-24)25-20-16-19(31(3,27)28)5-6-21(20)30-22(25)26/h5-6,16-18H,4,7-15H2,1-3H3/t18-,23-. The van der Waals surface area contributed by atoms with Gasteiger partial charge < -0.3 is 9.15 Å². The van der Waals surface area contributed by atoms with Gasteiger partial charge in [-0.2, -0.15) is 0 Å². The number of piperidine rings is 1. The van der Waals surface area contributed by atoms with Crippen LogP contribution < -0.4 is 5.76 Å². The Hall–Kier alpha value is -1.64.